The van der Waals surface area contributed by atoms with Crippen LogP contribution in [0.2, 0.25) is 0 Å². The Morgan fingerprint density at radius 3 is 1.08 bits per heavy atom. The molecule has 16 nitrogen and oxygen atoms in total. The van der Waals surface area contributed by atoms with Gasteiger partial charge in [0.15, 0.2) is 6.10 Å². The standard InChI is InChI=1S/C65H114O16P2/c1-4-7-10-13-16-19-22-25-28-29-32-34-36-39-42-45-48-51-63(68)75-54-60(66)55-77-82(71,72)78-56-61(67)57-79-83(73,74)80-59-62(81-65(70)53-50-47-44-41-38-35-31-27-24-21-18-15-12-9-6-3)58-76-64(69)52-49-46-43-40-37-33-30-26-23-20-17-14-11-8-5-2/h7,10,16-17,19-20,25-26,28,30,32,34,39,42,60-62,66-67H,4-6,8-9,11-15,18,21-24,27,29,31,33,35-38,40-41,43-59H2,1-3H3,(H,71,72)(H,73,74)/b10-7-,19-16-,20-17-,28-25-,30-26-,34-32-,42-39-. The number of carbonyl (C=O) groups excluding carboxylic acids is 3. The van der Waals surface area contributed by atoms with Gasteiger partial charge in [-0.25, -0.2) is 9.13 Å². The Balaban J connectivity index is 4.74. The molecule has 0 aliphatic carbocycles. The van der Waals surface area contributed by atoms with E-state index in [1.54, 1.807) is 0 Å². The van der Waals surface area contributed by atoms with Crippen LogP contribution >= 0.6 is 15.6 Å². The Bertz CT molecular complexity index is 1860. The van der Waals surface area contributed by atoms with E-state index in [-0.39, 0.29) is 19.3 Å². The Morgan fingerprint density at radius 1 is 0.349 bits per heavy atom. The largest absolute Gasteiger partial charge is 0.472 e. The van der Waals surface area contributed by atoms with Gasteiger partial charge in [0, 0.05) is 19.3 Å². The lowest BCUT2D eigenvalue weighted by Crippen LogP contribution is -2.30. The van der Waals surface area contributed by atoms with E-state index in [1.165, 1.54) is 83.5 Å². The third-order valence-corrected chi connectivity index (χ3v) is 15.0. The number of aliphatic hydroxyl groups excluding tert-OH is 2. The molecule has 4 N–H and O–H groups in total. The molecular formula is C65H114O16P2. The minimum atomic E-state index is -4.92. The molecule has 18 heteroatoms. The van der Waals surface area contributed by atoms with Crippen molar-refractivity contribution in [2.24, 2.45) is 0 Å². The number of allylic oxidation sites excluding steroid dienone is 14. The molecule has 0 aromatic rings. The van der Waals surface area contributed by atoms with Gasteiger partial charge in [0.05, 0.1) is 26.4 Å². The van der Waals surface area contributed by atoms with Crippen LogP contribution < -0.4 is 0 Å². The van der Waals surface area contributed by atoms with Crippen LogP contribution in [-0.4, -0.2) is 95.9 Å². The molecular weight excluding hydrogens is 1100 g/mol. The summed E-state index contributed by atoms with van der Waals surface area (Å²) >= 11 is 0. The van der Waals surface area contributed by atoms with Gasteiger partial charge in [-0.2, -0.15) is 0 Å². The van der Waals surface area contributed by atoms with Gasteiger partial charge in [-0.15, -0.1) is 0 Å². The summed E-state index contributed by atoms with van der Waals surface area (Å²) in [5.41, 5.74) is 0. The number of hydrogen-bond acceptors (Lipinski definition) is 14. The summed E-state index contributed by atoms with van der Waals surface area (Å²) in [7, 11) is -9.78. The first-order valence-corrected chi connectivity index (χ1v) is 34.9. The van der Waals surface area contributed by atoms with Crippen LogP contribution in [0, 0.1) is 0 Å². The molecule has 0 aliphatic heterocycles. The summed E-state index contributed by atoms with van der Waals surface area (Å²) in [6.45, 7) is 2.44. The molecule has 0 rings (SSSR count). The van der Waals surface area contributed by atoms with E-state index >= 15 is 0 Å². The summed E-state index contributed by atoms with van der Waals surface area (Å²) in [6.07, 6.45) is 60.8. The molecule has 0 bridgehead atoms. The molecule has 5 atom stereocenters. The van der Waals surface area contributed by atoms with Crippen LogP contribution in [0.4, 0.5) is 0 Å². The zero-order valence-corrected chi connectivity index (χ0v) is 53.4. The quantitative estimate of drug-likeness (QED) is 0.0146. The maximum Gasteiger partial charge on any atom is 0.472 e. The molecule has 480 valence electrons. The average Bonchev–Trinajstić information content (AvgIpc) is 3.47. The second-order valence-electron chi connectivity index (χ2n) is 21.2. The van der Waals surface area contributed by atoms with E-state index in [0.717, 1.165) is 103 Å². The lowest BCUT2D eigenvalue weighted by molar-refractivity contribution is -0.161. The van der Waals surface area contributed by atoms with Gasteiger partial charge in [-0.3, -0.25) is 32.5 Å². The van der Waals surface area contributed by atoms with Crippen molar-refractivity contribution in [1.29, 1.82) is 0 Å². The maximum atomic E-state index is 12.9. The molecule has 0 aromatic carbocycles. The molecule has 83 heavy (non-hydrogen) atoms. The Morgan fingerprint density at radius 2 is 0.651 bits per heavy atom. The van der Waals surface area contributed by atoms with Crippen LogP contribution in [0.5, 0.6) is 0 Å². The molecule has 0 fully saturated rings. The molecule has 0 amide bonds. The fraction of sp³-hybridized carbons (Fsp3) is 0.738. The summed E-state index contributed by atoms with van der Waals surface area (Å²) in [4.78, 5) is 58.2. The number of carbonyl (C=O) groups is 3. The van der Waals surface area contributed by atoms with Crippen LogP contribution in [0.15, 0.2) is 85.1 Å². The first kappa shape index (κ1) is 79.7. The lowest BCUT2D eigenvalue weighted by Gasteiger charge is -2.21. The lowest BCUT2D eigenvalue weighted by atomic mass is 10.0. The van der Waals surface area contributed by atoms with Crippen molar-refractivity contribution in [2.75, 3.05) is 39.6 Å². The normalized spacial score (nSPS) is 14.9. The molecule has 5 unspecified atom stereocenters. The van der Waals surface area contributed by atoms with E-state index in [0.29, 0.717) is 25.7 Å². The van der Waals surface area contributed by atoms with Gasteiger partial charge in [-0.05, 0) is 89.9 Å². The molecule has 0 aromatic heterocycles. The maximum absolute atomic E-state index is 12.9. The fourth-order valence-corrected chi connectivity index (χ4v) is 9.81. The number of unbranched alkanes of at least 4 members (excludes halogenated alkanes) is 23. The number of phosphoric ester groups is 2. The Labute approximate surface area is 502 Å². The van der Waals surface area contributed by atoms with Gasteiger partial charge in [0.2, 0.25) is 0 Å². The van der Waals surface area contributed by atoms with Crippen LogP contribution in [0.1, 0.15) is 252 Å². The van der Waals surface area contributed by atoms with Crippen molar-refractivity contribution in [3.63, 3.8) is 0 Å². The highest BCUT2D eigenvalue weighted by Gasteiger charge is 2.29. The Hall–Kier alpha value is -3.27. The van der Waals surface area contributed by atoms with Gasteiger partial charge in [-0.1, -0.05) is 228 Å². The first-order chi connectivity index (χ1) is 40.2. The SMILES string of the molecule is CC/C=C\C/C=C\C/C=C\C/C=C\C/C=C\CCCC(=O)OCC(O)COP(=O)(O)OCC(O)COP(=O)(O)OCC(COC(=O)CCCCCCC/C=C\C/C=C\CCCCC)OC(=O)CCCCCCCCCCCCCCCCC. The highest BCUT2D eigenvalue weighted by atomic mass is 31.2. The third kappa shape index (κ3) is 60.2. The first-order valence-electron chi connectivity index (χ1n) is 31.9. The van der Waals surface area contributed by atoms with Crippen molar-refractivity contribution < 1.29 is 75.8 Å². The van der Waals surface area contributed by atoms with Gasteiger partial charge < -0.3 is 34.2 Å². The zero-order chi connectivity index (χ0) is 61.0. The number of aliphatic hydroxyl groups is 2. The second kappa shape index (κ2) is 59.1. The van der Waals surface area contributed by atoms with Gasteiger partial charge in [0.1, 0.15) is 25.4 Å². The predicted octanol–water partition coefficient (Wildman–Crippen LogP) is 17.0. The number of hydrogen-bond donors (Lipinski definition) is 4. The number of ether oxygens (including phenoxy) is 3. The summed E-state index contributed by atoms with van der Waals surface area (Å²) in [5.74, 6) is -1.64. The smallest absolute Gasteiger partial charge is 0.463 e. The molecule has 0 saturated heterocycles. The summed E-state index contributed by atoms with van der Waals surface area (Å²) < 4.78 is 60.7. The number of esters is 3. The van der Waals surface area contributed by atoms with E-state index in [4.69, 9.17) is 32.3 Å². The van der Waals surface area contributed by atoms with Gasteiger partial charge in [0.25, 0.3) is 0 Å². The molecule has 0 saturated carbocycles. The van der Waals surface area contributed by atoms with Crippen molar-refractivity contribution in [3.05, 3.63) is 85.1 Å². The molecule has 0 aliphatic rings. The zero-order valence-electron chi connectivity index (χ0n) is 51.6. The summed E-state index contributed by atoms with van der Waals surface area (Å²) in [6, 6.07) is 0. The highest BCUT2D eigenvalue weighted by Crippen LogP contribution is 2.45. The molecule has 0 spiro atoms. The van der Waals surface area contributed by atoms with E-state index in [9.17, 15) is 43.5 Å². The van der Waals surface area contributed by atoms with Crippen molar-refractivity contribution in [2.45, 2.75) is 270 Å². The van der Waals surface area contributed by atoms with Crippen molar-refractivity contribution in [3.8, 4) is 0 Å². The predicted molar refractivity (Wildman–Crippen MR) is 334 cm³/mol. The monoisotopic (exact) mass is 1210 g/mol. The van der Waals surface area contributed by atoms with Crippen LogP contribution in [0.25, 0.3) is 0 Å². The Kier molecular flexibility index (Phi) is 56.8. The average molecular weight is 1210 g/mol. The minimum Gasteiger partial charge on any atom is -0.463 e. The summed E-state index contributed by atoms with van der Waals surface area (Å²) in [5, 5.41) is 20.5. The van der Waals surface area contributed by atoms with Crippen molar-refractivity contribution in [1.82, 2.24) is 0 Å². The number of rotatable bonds is 60. The number of phosphoric acid groups is 2. The van der Waals surface area contributed by atoms with Crippen LogP contribution in [0.3, 0.4) is 0 Å². The second-order valence-corrected chi connectivity index (χ2v) is 24.1. The van der Waals surface area contributed by atoms with Crippen molar-refractivity contribution >= 4 is 33.6 Å². The van der Waals surface area contributed by atoms with Crippen LogP contribution in [-0.2, 0) is 55.8 Å². The highest BCUT2D eigenvalue weighted by molar-refractivity contribution is 7.47. The van der Waals surface area contributed by atoms with E-state index < -0.39 is 91.5 Å². The fourth-order valence-electron chi connectivity index (χ4n) is 8.22. The minimum absolute atomic E-state index is 0.104. The van der Waals surface area contributed by atoms with Gasteiger partial charge >= 0.3 is 33.6 Å². The van der Waals surface area contributed by atoms with E-state index in [2.05, 4.69) is 93.7 Å². The molecule has 0 heterocycles. The third-order valence-electron chi connectivity index (χ3n) is 13.1. The van der Waals surface area contributed by atoms with E-state index in [1.807, 2.05) is 12.2 Å². The topological polar surface area (TPSA) is 231 Å². The molecule has 0 radical (unpaired) electrons.